The molecule has 178 valence electrons. The van der Waals surface area contributed by atoms with Crippen LogP contribution in [-0.2, 0) is 26.2 Å². The Bertz CT molecular complexity index is 1250. The van der Waals surface area contributed by atoms with E-state index in [9.17, 15) is 18.0 Å². The second-order valence-electron chi connectivity index (χ2n) is 7.77. The van der Waals surface area contributed by atoms with Crippen LogP contribution in [-0.4, -0.2) is 31.1 Å². The monoisotopic (exact) mass is 499 g/mol. The smallest absolute Gasteiger partial charge is 0.243 e. The van der Waals surface area contributed by atoms with Crippen LogP contribution in [0.2, 0.25) is 5.02 Å². The molecule has 0 fully saturated rings. The molecule has 0 spiro atoms. The summed E-state index contributed by atoms with van der Waals surface area (Å²) in [5.74, 6) is -0.706. The van der Waals surface area contributed by atoms with Crippen LogP contribution < -0.4 is 10.6 Å². The molecule has 0 aliphatic carbocycles. The molecular weight excluding hydrogens is 474 g/mol. The van der Waals surface area contributed by atoms with Gasteiger partial charge >= 0.3 is 0 Å². The van der Waals surface area contributed by atoms with Crippen molar-refractivity contribution in [1.82, 2.24) is 9.62 Å². The van der Waals surface area contributed by atoms with E-state index in [1.54, 1.807) is 24.3 Å². The molecule has 1 atom stereocenters. The van der Waals surface area contributed by atoms with E-state index in [4.69, 9.17) is 11.6 Å². The Kier molecular flexibility index (Phi) is 8.44. The molecule has 0 saturated carbocycles. The fourth-order valence-corrected chi connectivity index (χ4v) is 4.95. The number of hydrogen-bond acceptors (Lipinski definition) is 4. The molecule has 0 aliphatic rings. The number of halogens is 1. The summed E-state index contributed by atoms with van der Waals surface area (Å²) in [7, 11) is -4.06. The lowest BCUT2D eigenvalue weighted by Gasteiger charge is -2.24. The molecule has 34 heavy (non-hydrogen) atoms. The summed E-state index contributed by atoms with van der Waals surface area (Å²) in [5.41, 5.74) is 1.95. The fourth-order valence-electron chi connectivity index (χ4n) is 3.38. The van der Waals surface area contributed by atoms with E-state index >= 15 is 0 Å². The zero-order valence-corrected chi connectivity index (χ0v) is 20.4. The molecule has 0 aliphatic heterocycles. The van der Waals surface area contributed by atoms with Crippen LogP contribution in [0, 0.1) is 0 Å². The van der Waals surface area contributed by atoms with Gasteiger partial charge in [-0.15, -0.1) is 0 Å². The minimum atomic E-state index is -4.06. The summed E-state index contributed by atoms with van der Waals surface area (Å²) in [6, 6.07) is 21.8. The van der Waals surface area contributed by atoms with Gasteiger partial charge < -0.3 is 10.6 Å². The van der Waals surface area contributed by atoms with Gasteiger partial charge in [-0.25, -0.2) is 8.42 Å². The standard InChI is InChI=1S/C25H26ClN3O4S/c1-18(20-8-4-3-5-9-20)27-25(31)17-29(16-21-10-6-7-11-24(21)26)34(32,33)23-14-12-22(13-15-23)28-19(2)30/h3-15,18H,16-17H2,1-2H3,(H,27,31)(H,28,30)/t18-/m0/s1. The van der Waals surface area contributed by atoms with Gasteiger partial charge in [0.15, 0.2) is 0 Å². The summed E-state index contributed by atoms with van der Waals surface area (Å²) in [5, 5.41) is 5.86. The van der Waals surface area contributed by atoms with Gasteiger partial charge in [0, 0.05) is 24.2 Å². The Labute approximate surface area is 204 Å². The predicted octanol–water partition coefficient (Wildman–Crippen LogP) is 4.37. The van der Waals surface area contributed by atoms with E-state index in [1.165, 1.54) is 31.2 Å². The van der Waals surface area contributed by atoms with Crippen molar-refractivity contribution >= 4 is 39.1 Å². The Morgan fingerprint density at radius 2 is 1.56 bits per heavy atom. The average Bonchev–Trinajstić information content (AvgIpc) is 2.80. The second-order valence-corrected chi connectivity index (χ2v) is 10.1. The van der Waals surface area contributed by atoms with Crippen LogP contribution in [0.3, 0.4) is 0 Å². The van der Waals surface area contributed by atoms with E-state index in [2.05, 4.69) is 10.6 Å². The fraction of sp³-hybridized carbons (Fsp3) is 0.200. The average molecular weight is 500 g/mol. The zero-order valence-electron chi connectivity index (χ0n) is 18.9. The summed E-state index contributed by atoms with van der Waals surface area (Å²) in [4.78, 5) is 24.1. The number of nitrogens with zero attached hydrogens (tertiary/aromatic N) is 1. The van der Waals surface area contributed by atoms with Gasteiger partial charge in [0.05, 0.1) is 17.5 Å². The van der Waals surface area contributed by atoms with Gasteiger partial charge in [-0.3, -0.25) is 9.59 Å². The van der Waals surface area contributed by atoms with Crippen LogP contribution in [0.25, 0.3) is 0 Å². The first-order valence-corrected chi connectivity index (χ1v) is 12.4. The number of sulfonamides is 1. The number of carbonyl (C=O) groups excluding carboxylic acids is 2. The van der Waals surface area contributed by atoms with Crippen LogP contribution in [0.4, 0.5) is 5.69 Å². The van der Waals surface area contributed by atoms with Crippen molar-refractivity contribution in [2.45, 2.75) is 31.3 Å². The molecule has 2 N–H and O–H groups in total. The minimum absolute atomic E-state index is 0.00226. The van der Waals surface area contributed by atoms with Crippen molar-refractivity contribution in [3.8, 4) is 0 Å². The Morgan fingerprint density at radius 3 is 2.18 bits per heavy atom. The van der Waals surface area contributed by atoms with Crippen LogP contribution in [0.5, 0.6) is 0 Å². The van der Waals surface area contributed by atoms with Gasteiger partial charge in [-0.1, -0.05) is 60.1 Å². The van der Waals surface area contributed by atoms with Crippen molar-refractivity contribution in [3.63, 3.8) is 0 Å². The number of hydrogen-bond donors (Lipinski definition) is 2. The van der Waals surface area contributed by atoms with Gasteiger partial charge in [0.2, 0.25) is 21.8 Å². The summed E-state index contributed by atoms with van der Waals surface area (Å²) in [6.07, 6.45) is 0. The highest BCUT2D eigenvalue weighted by Crippen LogP contribution is 2.24. The number of anilines is 1. The third kappa shape index (κ3) is 6.66. The first kappa shape index (κ1) is 25.4. The third-order valence-electron chi connectivity index (χ3n) is 5.11. The highest BCUT2D eigenvalue weighted by atomic mass is 35.5. The number of carbonyl (C=O) groups is 2. The number of amides is 2. The minimum Gasteiger partial charge on any atom is -0.348 e. The lowest BCUT2D eigenvalue weighted by atomic mass is 10.1. The largest absolute Gasteiger partial charge is 0.348 e. The van der Waals surface area contributed by atoms with Crippen molar-refractivity contribution in [2.75, 3.05) is 11.9 Å². The molecule has 0 heterocycles. The maximum Gasteiger partial charge on any atom is 0.243 e. The van der Waals surface area contributed by atoms with E-state index in [1.807, 2.05) is 37.3 Å². The highest BCUT2D eigenvalue weighted by Gasteiger charge is 2.28. The normalized spacial score (nSPS) is 12.2. The summed E-state index contributed by atoms with van der Waals surface area (Å²) >= 11 is 6.27. The van der Waals surface area contributed by atoms with Crippen LogP contribution >= 0.6 is 11.6 Å². The first-order chi connectivity index (χ1) is 16.2. The first-order valence-electron chi connectivity index (χ1n) is 10.6. The molecule has 0 aromatic heterocycles. The summed E-state index contributed by atoms with van der Waals surface area (Å²) in [6.45, 7) is 2.73. The van der Waals surface area contributed by atoms with E-state index < -0.39 is 22.5 Å². The molecule has 3 aromatic rings. The molecule has 0 radical (unpaired) electrons. The molecular formula is C25H26ClN3O4S. The van der Waals surface area contributed by atoms with Crippen molar-refractivity contribution in [2.24, 2.45) is 0 Å². The van der Waals surface area contributed by atoms with Gasteiger partial charge in [-0.05, 0) is 48.4 Å². The Morgan fingerprint density at radius 1 is 0.941 bits per heavy atom. The van der Waals surface area contributed by atoms with Gasteiger partial charge in [0.1, 0.15) is 0 Å². The van der Waals surface area contributed by atoms with Crippen LogP contribution in [0.1, 0.15) is 31.0 Å². The topological polar surface area (TPSA) is 95.6 Å². The van der Waals surface area contributed by atoms with E-state index in [0.717, 1.165) is 9.87 Å². The van der Waals surface area contributed by atoms with E-state index in [-0.39, 0.29) is 23.4 Å². The van der Waals surface area contributed by atoms with Crippen molar-refractivity contribution in [3.05, 3.63) is 95.0 Å². The van der Waals surface area contributed by atoms with Crippen molar-refractivity contribution in [1.29, 1.82) is 0 Å². The number of rotatable bonds is 9. The number of nitrogens with one attached hydrogen (secondary N) is 2. The van der Waals surface area contributed by atoms with Crippen molar-refractivity contribution < 1.29 is 18.0 Å². The highest BCUT2D eigenvalue weighted by molar-refractivity contribution is 7.89. The quantitative estimate of drug-likeness (QED) is 0.457. The number of benzene rings is 3. The lowest BCUT2D eigenvalue weighted by Crippen LogP contribution is -2.41. The predicted molar refractivity (Wildman–Crippen MR) is 133 cm³/mol. The molecule has 2 amide bonds. The zero-order chi connectivity index (χ0) is 24.7. The van der Waals surface area contributed by atoms with Gasteiger partial charge in [0.25, 0.3) is 0 Å². The molecule has 0 unspecified atom stereocenters. The van der Waals surface area contributed by atoms with Crippen LogP contribution in [0.15, 0.2) is 83.8 Å². The Balaban J connectivity index is 1.86. The van der Waals surface area contributed by atoms with Gasteiger partial charge in [-0.2, -0.15) is 4.31 Å². The maximum atomic E-state index is 13.5. The summed E-state index contributed by atoms with van der Waals surface area (Å²) < 4.78 is 28.1. The third-order valence-corrected chi connectivity index (χ3v) is 7.29. The molecule has 0 saturated heterocycles. The Hall–Kier alpha value is -3.20. The SMILES string of the molecule is CC(=O)Nc1ccc(S(=O)(=O)N(CC(=O)N[C@@H](C)c2ccccc2)Cc2ccccc2Cl)cc1. The van der Waals surface area contributed by atoms with E-state index in [0.29, 0.717) is 16.3 Å². The molecule has 7 nitrogen and oxygen atoms in total. The molecule has 3 rings (SSSR count). The maximum absolute atomic E-state index is 13.5. The second kappa shape index (κ2) is 11.3. The molecule has 0 bridgehead atoms. The lowest BCUT2D eigenvalue weighted by molar-refractivity contribution is -0.122. The molecule has 9 heteroatoms. The molecule has 3 aromatic carbocycles.